The fourth-order valence-corrected chi connectivity index (χ4v) is 4.23. The minimum Gasteiger partial charge on any atom is -0.445 e. The number of ketones is 1. The fraction of sp³-hybridized carbons (Fsp3) is 0.593. The van der Waals surface area contributed by atoms with Gasteiger partial charge in [0.1, 0.15) is 18.7 Å². The molecule has 0 aliphatic carbocycles. The Hall–Kier alpha value is -3.14. The van der Waals surface area contributed by atoms with E-state index in [9.17, 15) is 24.0 Å². The minimum atomic E-state index is -0.894. The molecular weight excluding hydrogens is 512 g/mol. The van der Waals surface area contributed by atoms with Crippen molar-refractivity contribution in [2.75, 3.05) is 19.6 Å². The molecule has 1 saturated heterocycles. The summed E-state index contributed by atoms with van der Waals surface area (Å²) < 4.78 is 5.25. The zero-order valence-electron chi connectivity index (χ0n) is 22.8. The first-order valence-electron chi connectivity index (χ1n) is 12.8. The Morgan fingerprint density at radius 2 is 1.66 bits per heavy atom. The Morgan fingerprint density at radius 3 is 2.24 bits per heavy atom. The second-order valence-electron chi connectivity index (χ2n) is 10.4. The third-order valence-corrected chi connectivity index (χ3v) is 6.00. The molecule has 1 aromatic carbocycles. The van der Waals surface area contributed by atoms with Crippen molar-refractivity contribution in [3.63, 3.8) is 0 Å². The smallest absolute Gasteiger partial charge is 0.408 e. The highest BCUT2D eigenvalue weighted by molar-refractivity contribution is 5.97. The van der Waals surface area contributed by atoms with E-state index in [4.69, 9.17) is 4.74 Å². The summed E-state index contributed by atoms with van der Waals surface area (Å²) in [6, 6.07) is 7.42. The lowest BCUT2D eigenvalue weighted by atomic mass is 9.95. The molecule has 38 heavy (non-hydrogen) atoms. The van der Waals surface area contributed by atoms with E-state index < -0.39 is 30.0 Å². The van der Waals surface area contributed by atoms with E-state index in [1.54, 1.807) is 0 Å². The van der Waals surface area contributed by atoms with E-state index in [1.165, 1.54) is 11.8 Å². The van der Waals surface area contributed by atoms with Crippen LogP contribution in [0.1, 0.15) is 53.0 Å². The highest BCUT2D eigenvalue weighted by atomic mass is 35.5. The molecule has 0 aromatic heterocycles. The van der Waals surface area contributed by atoms with Gasteiger partial charge in [0.15, 0.2) is 5.78 Å². The van der Waals surface area contributed by atoms with Gasteiger partial charge in [0.05, 0.1) is 12.5 Å². The fourth-order valence-electron chi connectivity index (χ4n) is 4.23. The number of nitrogens with zero attached hydrogens (tertiary/aromatic N) is 1. The number of halogens is 1. The predicted molar refractivity (Wildman–Crippen MR) is 145 cm³/mol. The molecule has 1 aliphatic heterocycles. The molecule has 0 spiro atoms. The van der Waals surface area contributed by atoms with Gasteiger partial charge >= 0.3 is 6.09 Å². The Kier molecular flexibility index (Phi) is 13.8. The van der Waals surface area contributed by atoms with Gasteiger partial charge in [-0.3, -0.25) is 19.2 Å². The molecule has 1 aromatic rings. The molecule has 1 heterocycles. The van der Waals surface area contributed by atoms with Crippen molar-refractivity contribution in [2.45, 2.75) is 66.2 Å². The zero-order chi connectivity index (χ0) is 27.5. The van der Waals surface area contributed by atoms with Crippen molar-refractivity contribution in [3.05, 3.63) is 35.9 Å². The summed E-state index contributed by atoms with van der Waals surface area (Å²) >= 11 is 0. The lowest BCUT2D eigenvalue weighted by Crippen LogP contribution is -2.52. The van der Waals surface area contributed by atoms with E-state index in [0.717, 1.165) is 5.56 Å². The topological polar surface area (TPSA) is 134 Å². The highest BCUT2D eigenvalue weighted by Crippen LogP contribution is 2.18. The first-order valence-corrected chi connectivity index (χ1v) is 12.8. The second-order valence-corrected chi connectivity index (χ2v) is 10.4. The Bertz CT molecular complexity index is 956. The van der Waals surface area contributed by atoms with Crippen LogP contribution >= 0.6 is 12.4 Å². The molecule has 0 bridgehead atoms. The average Bonchev–Trinajstić information content (AvgIpc) is 3.19. The maximum Gasteiger partial charge on any atom is 0.408 e. The normalized spacial score (nSPS) is 16.4. The summed E-state index contributed by atoms with van der Waals surface area (Å²) in [5.41, 5.74) is 0.818. The largest absolute Gasteiger partial charge is 0.445 e. The van der Waals surface area contributed by atoms with Crippen LogP contribution < -0.4 is 16.0 Å². The molecule has 0 radical (unpaired) electrons. The van der Waals surface area contributed by atoms with Crippen LogP contribution in [0.4, 0.5) is 4.79 Å². The molecule has 0 saturated carbocycles. The first-order chi connectivity index (χ1) is 17.5. The summed E-state index contributed by atoms with van der Waals surface area (Å²) in [6.45, 7) is 9.39. The molecule has 1 aliphatic rings. The number of alkyl carbamates (subject to hydrolysis) is 1. The summed E-state index contributed by atoms with van der Waals surface area (Å²) in [5, 5.41) is 8.00. The number of carbonyl (C=O) groups excluding carboxylic acids is 5. The van der Waals surface area contributed by atoms with Crippen LogP contribution in [-0.4, -0.2) is 66.2 Å². The molecule has 212 valence electrons. The molecule has 3 atom stereocenters. The van der Waals surface area contributed by atoms with Crippen molar-refractivity contribution < 1.29 is 28.7 Å². The summed E-state index contributed by atoms with van der Waals surface area (Å²) in [7, 11) is 0. The number of hydrogen-bond donors (Lipinski definition) is 3. The van der Waals surface area contributed by atoms with Crippen molar-refractivity contribution in [1.29, 1.82) is 0 Å². The van der Waals surface area contributed by atoms with Crippen molar-refractivity contribution in [1.82, 2.24) is 20.9 Å². The van der Waals surface area contributed by atoms with Crippen LogP contribution in [0.2, 0.25) is 0 Å². The van der Waals surface area contributed by atoms with Gasteiger partial charge in [0.2, 0.25) is 17.7 Å². The van der Waals surface area contributed by atoms with E-state index in [1.807, 2.05) is 58.0 Å². The molecule has 11 heteroatoms. The van der Waals surface area contributed by atoms with Gasteiger partial charge < -0.3 is 25.6 Å². The quantitative estimate of drug-likeness (QED) is 0.365. The monoisotopic (exact) mass is 552 g/mol. The number of carbonyl (C=O) groups is 5. The number of Topliss-reactive ketones (excluding diaryl/α,β-unsaturated/α-hetero) is 1. The number of benzene rings is 1. The summed E-state index contributed by atoms with van der Waals surface area (Å²) in [4.78, 5) is 64.0. The van der Waals surface area contributed by atoms with Gasteiger partial charge in [0, 0.05) is 20.0 Å². The lowest BCUT2D eigenvalue weighted by molar-refractivity contribution is -0.136. The number of amides is 4. The van der Waals surface area contributed by atoms with Crippen LogP contribution in [0.15, 0.2) is 30.3 Å². The van der Waals surface area contributed by atoms with Crippen LogP contribution in [0.25, 0.3) is 0 Å². The molecule has 1 unspecified atom stereocenters. The predicted octanol–water partition coefficient (Wildman–Crippen LogP) is 2.44. The number of likely N-dealkylation sites (tertiary alicyclic amines) is 1. The van der Waals surface area contributed by atoms with Crippen molar-refractivity contribution in [2.24, 2.45) is 17.8 Å². The molecular formula is C27H41ClN4O6. The maximum atomic E-state index is 13.1. The van der Waals surface area contributed by atoms with Gasteiger partial charge in [-0.1, -0.05) is 58.0 Å². The van der Waals surface area contributed by atoms with Crippen molar-refractivity contribution in [3.8, 4) is 0 Å². The standard InChI is InChI=1S/C27H40N4O6.ClH/c1-17(2)11-21(13-28-19(5)32)26(35)31-14-23(24(33)15-31)29-25(34)22(12-18(3)4)30-27(36)37-16-20-9-7-6-8-10-20;/h6-10,17-18,21-23H,11-16H2,1-5H3,(H,28,32)(H,29,34)(H,30,36);1H/t21-,22-,23?;/m0./s1. The molecule has 1 fully saturated rings. The zero-order valence-corrected chi connectivity index (χ0v) is 23.6. The molecule has 2 rings (SSSR count). The Labute approximate surface area is 231 Å². The highest BCUT2D eigenvalue weighted by Gasteiger charge is 2.38. The third kappa shape index (κ3) is 11.1. The van der Waals surface area contributed by atoms with Gasteiger partial charge in [0.25, 0.3) is 0 Å². The Balaban J connectivity index is 0.00000722. The number of nitrogens with one attached hydrogen (secondary N) is 3. The maximum absolute atomic E-state index is 13.1. The average molecular weight is 553 g/mol. The lowest BCUT2D eigenvalue weighted by Gasteiger charge is -2.25. The molecule has 10 nitrogen and oxygen atoms in total. The third-order valence-electron chi connectivity index (χ3n) is 6.00. The first kappa shape index (κ1) is 32.9. The van der Waals surface area contributed by atoms with Crippen molar-refractivity contribution >= 4 is 42.0 Å². The number of hydrogen-bond acceptors (Lipinski definition) is 6. The van der Waals surface area contributed by atoms with E-state index in [2.05, 4.69) is 16.0 Å². The summed E-state index contributed by atoms with van der Waals surface area (Å²) in [6.07, 6.45) is 0.184. The van der Waals surface area contributed by atoms with Crippen LogP contribution in [0.3, 0.4) is 0 Å². The SMILES string of the molecule is CC(=O)NC[C@H](CC(C)C)C(=O)N1CC(=O)C(NC(=O)[C@H](CC(C)C)NC(=O)OCc2ccccc2)C1.Cl. The summed E-state index contributed by atoms with van der Waals surface area (Å²) in [5.74, 6) is -1.38. The van der Waals surface area contributed by atoms with Crippen LogP contribution in [0.5, 0.6) is 0 Å². The molecule has 3 N–H and O–H groups in total. The van der Waals surface area contributed by atoms with E-state index >= 15 is 0 Å². The van der Waals surface area contributed by atoms with Gasteiger partial charge in [-0.2, -0.15) is 0 Å². The number of ether oxygens (including phenoxy) is 1. The second kappa shape index (κ2) is 16.0. The minimum absolute atomic E-state index is 0. The van der Waals surface area contributed by atoms with Crippen LogP contribution in [0, 0.1) is 17.8 Å². The van der Waals surface area contributed by atoms with E-state index in [-0.39, 0.29) is 68.1 Å². The van der Waals surface area contributed by atoms with Gasteiger partial charge in [-0.15, -0.1) is 12.4 Å². The van der Waals surface area contributed by atoms with Crippen LogP contribution in [-0.2, 0) is 30.5 Å². The number of rotatable bonds is 12. The molecule has 4 amide bonds. The van der Waals surface area contributed by atoms with E-state index in [0.29, 0.717) is 12.8 Å². The Morgan fingerprint density at radius 1 is 1.03 bits per heavy atom. The van der Waals surface area contributed by atoms with Gasteiger partial charge in [-0.05, 0) is 30.2 Å². The van der Waals surface area contributed by atoms with Gasteiger partial charge in [-0.25, -0.2) is 4.79 Å².